The van der Waals surface area contributed by atoms with Crippen LogP contribution in [0.3, 0.4) is 0 Å². The summed E-state index contributed by atoms with van der Waals surface area (Å²) in [7, 11) is 1.73. The summed E-state index contributed by atoms with van der Waals surface area (Å²) in [5, 5.41) is 4.15. The van der Waals surface area contributed by atoms with Gasteiger partial charge in [-0.2, -0.15) is 0 Å². The number of carbonyl (C=O) groups excluding carboxylic acids is 1. The van der Waals surface area contributed by atoms with Crippen LogP contribution in [0.15, 0.2) is 12.1 Å². The monoisotopic (exact) mass is 318 g/mol. The molecule has 1 amide bonds. The zero-order valence-corrected chi connectivity index (χ0v) is 13.5. The van der Waals surface area contributed by atoms with E-state index in [0.29, 0.717) is 28.9 Å². The second-order valence-electron chi connectivity index (χ2n) is 4.35. The minimum Gasteiger partial charge on any atom is -0.482 e. The summed E-state index contributed by atoms with van der Waals surface area (Å²) in [5.41, 5.74) is 0.844. The van der Waals surface area contributed by atoms with Gasteiger partial charge in [-0.1, -0.05) is 30.1 Å². The van der Waals surface area contributed by atoms with Crippen molar-refractivity contribution >= 4 is 29.1 Å². The molecule has 1 aromatic rings. The lowest BCUT2D eigenvalue weighted by Gasteiger charge is -2.17. The molecule has 0 aromatic heterocycles. The van der Waals surface area contributed by atoms with Crippen molar-refractivity contribution in [2.24, 2.45) is 0 Å². The zero-order valence-electron chi connectivity index (χ0n) is 12.0. The fraction of sp³-hybridized carbons (Fsp3) is 0.500. The Bertz CT molecular complexity index is 467. The Morgan fingerprint density at radius 3 is 2.65 bits per heavy atom. The molecule has 20 heavy (non-hydrogen) atoms. The second-order valence-corrected chi connectivity index (χ2v) is 5.20. The highest BCUT2D eigenvalue weighted by molar-refractivity contribution is 6.35. The fourth-order valence-electron chi connectivity index (χ4n) is 1.59. The molecule has 0 aliphatic carbocycles. The Balaban J connectivity index is 2.84. The van der Waals surface area contributed by atoms with Crippen LogP contribution < -0.4 is 10.1 Å². The number of halogens is 2. The molecule has 4 nitrogen and oxygen atoms in total. The van der Waals surface area contributed by atoms with Crippen molar-refractivity contribution in [2.45, 2.75) is 20.4 Å². The summed E-state index contributed by atoms with van der Waals surface area (Å²) in [6.07, 6.45) is 0. The highest BCUT2D eigenvalue weighted by Crippen LogP contribution is 2.32. The van der Waals surface area contributed by atoms with Gasteiger partial charge in [-0.15, -0.1) is 0 Å². The van der Waals surface area contributed by atoms with E-state index in [2.05, 4.69) is 5.32 Å². The molecule has 0 saturated heterocycles. The molecule has 0 bridgehead atoms. The van der Waals surface area contributed by atoms with Gasteiger partial charge in [0.05, 0.1) is 5.02 Å². The van der Waals surface area contributed by atoms with E-state index in [0.717, 1.165) is 12.1 Å². The van der Waals surface area contributed by atoms with E-state index >= 15 is 0 Å². The van der Waals surface area contributed by atoms with Crippen molar-refractivity contribution in [3.8, 4) is 5.75 Å². The third kappa shape index (κ3) is 4.85. The average Bonchev–Trinajstić information content (AvgIpc) is 2.42. The van der Waals surface area contributed by atoms with Crippen molar-refractivity contribution in [1.29, 1.82) is 0 Å². The van der Waals surface area contributed by atoms with Crippen LogP contribution in [-0.4, -0.2) is 37.6 Å². The first kappa shape index (κ1) is 17.1. The third-order valence-corrected chi connectivity index (χ3v) is 3.39. The first-order valence-electron chi connectivity index (χ1n) is 6.55. The van der Waals surface area contributed by atoms with Crippen LogP contribution in [0.25, 0.3) is 0 Å². The van der Waals surface area contributed by atoms with E-state index in [9.17, 15) is 4.79 Å². The van der Waals surface area contributed by atoms with Gasteiger partial charge in [0.15, 0.2) is 6.61 Å². The van der Waals surface area contributed by atoms with Crippen molar-refractivity contribution in [3.63, 3.8) is 0 Å². The standard InChI is InChI=1S/C14H20Cl2N2O2/c1-4-17-8-10-6-11(15)7-12(16)14(10)20-9-13(19)18(3)5-2/h6-7,17H,4-5,8-9H2,1-3H3. The Morgan fingerprint density at radius 1 is 1.35 bits per heavy atom. The summed E-state index contributed by atoms with van der Waals surface area (Å²) < 4.78 is 5.58. The molecule has 1 aromatic carbocycles. The van der Waals surface area contributed by atoms with E-state index in [1.807, 2.05) is 13.8 Å². The van der Waals surface area contributed by atoms with Crippen LogP contribution in [0, 0.1) is 0 Å². The van der Waals surface area contributed by atoms with Crippen LogP contribution in [0.5, 0.6) is 5.75 Å². The summed E-state index contributed by atoms with van der Waals surface area (Å²) in [6.45, 7) is 5.92. The quantitative estimate of drug-likeness (QED) is 0.840. The molecule has 0 fully saturated rings. The minimum atomic E-state index is -0.0899. The van der Waals surface area contributed by atoms with Crippen LogP contribution in [-0.2, 0) is 11.3 Å². The SMILES string of the molecule is CCNCc1cc(Cl)cc(Cl)c1OCC(=O)N(C)CC. The van der Waals surface area contributed by atoms with E-state index in [-0.39, 0.29) is 12.5 Å². The average molecular weight is 319 g/mol. The second kappa shape index (κ2) is 8.35. The number of carbonyl (C=O) groups is 1. The van der Waals surface area contributed by atoms with E-state index in [1.165, 1.54) is 0 Å². The number of likely N-dealkylation sites (N-methyl/N-ethyl adjacent to an activating group) is 1. The predicted octanol–water partition coefficient (Wildman–Crippen LogP) is 2.96. The topological polar surface area (TPSA) is 41.6 Å². The van der Waals surface area contributed by atoms with Gasteiger partial charge in [0.2, 0.25) is 0 Å². The molecule has 1 N–H and O–H groups in total. The summed E-state index contributed by atoms with van der Waals surface area (Å²) in [5.74, 6) is 0.419. The van der Waals surface area contributed by atoms with Gasteiger partial charge in [0.25, 0.3) is 5.91 Å². The maximum Gasteiger partial charge on any atom is 0.260 e. The largest absolute Gasteiger partial charge is 0.482 e. The lowest BCUT2D eigenvalue weighted by Crippen LogP contribution is -2.31. The minimum absolute atomic E-state index is 0.0369. The molecule has 0 aliphatic heterocycles. The molecular formula is C14H20Cl2N2O2. The number of benzene rings is 1. The van der Waals surface area contributed by atoms with Crippen LogP contribution in [0.1, 0.15) is 19.4 Å². The van der Waals surface area contributed by atoms with Crippen molar-refractivity contribution in [1.82, 2.24) is 10.2 Å². The first-order chi connectivity index (χ1) is 9.49. The molecular weight excluding hydrogens is 299 g/mol. The fourth-order valence-corrected chi connectivity index (χ4v) is 2.18. The van der Waals surface area contributed by atoms with Crippen molar-refractivity contribution in [2.75, 3.05) is 26.7 Å². The predicted molar refractivity (Wildman–Crippen MR) is 82.6 cm³/mol. The maximum absolute atomic E-state index is 11.8. The molecule has 6 heteroatoms. The Kier molecular flexibility index (Phi) is 7.13. The van der Waals surface area contributed by atoms with Gasteiger partial charge >= 0.3 is 0 Å². The smallest absolute Gasteiger partial charge is 0.260 e. The van der Waals surface area contributed by atoms with Gasteiger partial charge in [-0.05, 0) is 25.6 Å². The maximum atomic E-state index is 11.8. The van der Waals surface area contributed by atoms with Crippen molar-refractivity contribution < 1.29 is 9.53 Å². The number of nitrogens with zero attached hydrogens (tertiary/aromatic N) is 1. The van der Waals surface area contributed by atoms with Gasteiger partial charge < -0.3 is 15.0 Å². The third-order valence-electron chi connectivity index (χ3n) is 2.89. The van der Waals surface area contributed by atoms with Gasteiger partial charge in [-0.3, -0.25) is 4.79 Å². The zero-order chi connectivity index (χ0) is 15.1. The van der Waals surface area contributed by atoms with Crippen LogP contribution in [0.2, 0.25) is 10.0 Å². The highest BCUT2D eigenvalue weighted by atomic mass is 35.5. The van der Waals surface area contributed by atoms with Crippen LogP contribution >= 0.6 is 23.2 Å². The van der Waals surface area contributed by atoms with Gasteiger partial charge in [0.1, 0.15) is 5.75 Å². The Hall–Kier alpha value is -0.970. The van der Waals surface area contributed by atoms with E-state index in [4.69, 9.17) is 27.9 Å². The molecule has 0 aliphatic rings. The first-order valence-corrected chi connectivity index (χ1v) is 7.30. The van der Waals surface area contributed by atoms with Gasteiger partial charge in [-0.25, -0.2) is 0 Å². The Morgan fingerprint density at radius 2 is 2.05 bits per heavy atom. The lowest BCUT2D eigenvalue weighted by atomic mass is 10.2. The lowest BCUT2D eigenvalue weighted by molar-refractivity contribution is -0.131. The van der Waals surface area contributed by atoms with Gasteiger partial charge in [0, 0.05) is 30.7 Å². The molecule has 0 spiro atoms. The summed E-state index contributed by atoms with van der Waals surface area (Å²) >= 11 is 12.1. The molecule has 1 rings (SSSR count). The molecule has 0 heterocycles. The van der Waals surface area contributed by atoms with E-state index < -0.39 is 0 Å². The number of nitrogens with one attached hydrogen (secondary N) is 1. The van der Waals surface area contributed by atoms with Crippen LogP contribution in [0.4, 0.5) is 0 Å². The van der Waals surface area contributed by atoms with Crippen molar-refractivity contribution in [3.05, 3.63) is 27.7 Å². The number of rotatable bonds is 7. The molecule has 0 unspecified atom stereocenters. The highest BCUT2D eigenvalue weighted by Gasteiger charge is 2.14. The normalized spacial score (nSPS) is 10.4. The van der Waals surface area contributed by atoms with E-state index in [1.54, 1.807) is 24.1 Å². The molecule has 0 saturated carbocycles. The number of amides is 1. The number of ether oxygens (including phenoxy) is 1. The summed E-state index contributed by atoms with van der Waals surface area (Å²) in [6, 6.07) is 3.40. The number of hydrogen-bond acceptors (Lipinski definition) is 3. The Labute approximate surface area is 130 Å². The molecule has 0 atom stereocenters. The molecule has 112 valence electrons. The summed E-state index contributed by atoms with van der Waals surface area (Å²) in [4.78, 5) is 13.4. The number of hydrogen-bond donors (Lipinski definition) is 1. The molecule has 0 radical (unpaired) electrons.